The molecule has 1 aromatic heterocycles. The van der Waals surface area contributed by atoms with Crippen molar-refractivity contribution < 1.29 is 24.0 Å². The summed E-state index contributed by atoms with van der Waals surface area (Å²) in [6.07, 6.45) is 3.77. The maximum Gasteiger partial charge on any atom is 0.306 e. The van der Waals surface area contributed by atoms with Crippen molar-refractivity contribution in [2.24, 2.45) is 11.8 Å². The Labute approximate surface area is 155 Å². The smallest absolute Gasteiger partial charge is 0.306 e. The predicted molar refractivity (Wildman–Crippen MR) is 94.1 cm³/mol. The topological polar surface area (TPSA) is 115 Å². The van der Waals surface area contributed by atoms with Gasteiger partial charge in [-0.3, -0.25) is 9.59 Å². The highest BCUT2D eigenvalue weighted by atomic mass is 16.5. The monoisotopic (exact) mass is 371 g/mol. The van der Waals surface area contributed by atoms with E-state index < -0.39 is 11.9 Å². The van der Waals surface area contributed by atoms with E-state index in [1.165, 1.54) is 0 Å². The van der Waals surface area contributed by atoms with E-state index >= 15 is 0 Å². The number of aliphatic carboxylic acids is 1. The molecular formula is C19H21N3O5. The molecule has 2 atom stereocenters. The van der Waals surface area contributed by atoms with Gasteiger partial charge in [0.15, 0.2) is 6.61 Å². The molecule has 0 bridgehead atoms. The summed E-state index contributed by atoms with van der Waals surface area (Å²) in [5, 5.41) is 15.8. The third-order valence-electron chi connectivity index (χ3n) is 5.05. The number of carbonyl (C=O) groups is 2. The van der Waals surface area contributed by atoms with Crippen molar-refractivity contribution in [2.45, 2.75) is 44.6 Å². The molecule has 2 saturated carbocycles. The van der Waals surface area contributed by atoms with E-state index in [0.717, 1.165) is 12.8 Å². The predicted octanol–water partition coefficient (Wildman–Crippen LogP) is 2.97. The molecule has 2 N–H and O–H groups in total. The van der Waals surface area contributed by atoms with Crippen LogP contribution in [0, 0.1) is 11.8 Å². The minimum Gasteiger partial charge on any atom is -0.485 e. The van der Waals surface area contributed by atoms with Crippen LogP contribution in [0.1, 0.15) is 49.7 Å². The lowest BCUT2D eigenvalue weighted by atomic mass is 10.0. The number of rotatable bonds is 7. The Bertz CT molecular complexity index is 828. The molecule has 0 unspecified atom stereocenters. The number of benzene rings is 1. The SMILES string of the molecule is O=C(O)[C@@H]1CC[C@H](C(=O)Nc2ccc(OCc3noc(C4CC4)n3)cc2)C1. The molecular weight excluding hydrogens is 350 g/mol. The first-order valence-electron chi connectivity index (χ1n) is 9.17. The number of nitrogens with zero attached hydrogens (tertiary/aromatic N) is 2. The van der Waals surface area contributed by atoms with Gasteiger partial charge in [0, 0.05) is 17.5 Å². The van der Waals surface area contributed by atoms with E-state index in [2.05, 4.69) is 15.5 Å². The molecule has 0 radical (unpaired) electrons. The lowest BCUT2D eigenvalue weighted by Gasteiger charge is -2.11. The van der Waals surface area contributed by atoms with Crippen molar-refractivity contribution in [3.8, 4) is 5.75 Å². The largest absolute Gasteiger partial charge is 0.485 e. The van der Waals surface area contributed by atoms with Crippen LogP contribution in [0.5, 0.6) is 5.75 Å². The molecule has 4 rings (SSSR count). The number of anilines is 1. The minimum atomic E-state index is -0.822. The molecule has 8 nitrogen and oxygen atoms in total. The van der Waals surface area contributed by atoms with Gasteiger partial charge in [0.1, 0.15) is 5.75 Å². The fraction of sp³-hybridized carbons (Fsp3) is 0.474. The highest BCUT2D eigenvalue weighted by Gasteiger charge is 2.33. The normalized spacial score (nSPS) is 21.8. The zero-order chi connectivity index (χ0) is 18.8. The van der Waals surface area contributed by atoms with Gasteiger partial charge in [0.25, 0.3) is 0 Å². The van der Waals surface area contributed by atoms with E-state index in [9.17, 15) is 9.59 Å². The first-order chi connectivity index (χ1) is 13.1. The van der Waals surface area contributed by atoms with Gasteiger partial charge < -0.3 is 19.7 Å². The van der Waals surface area contributed by atoms with Gasteiger partial charge in [-0.2, -0.15) is 4.98 Å². The van der Waals surface area contributed by atoms with Crippen LogP contribution in [0.25, 0.3) is 0 Å². The number of aromatic nitrogens is 2. The second-order valence-corrected chi connectivity index (χ2v) is 7.17. The molecule has 8 heteroatoms. The molecule has 2 aliphatic carbocycles. The first-order valence-corrected chi connectivity index (χ1v) is 9.17. The van der Waals surface area contributed by atoms with Crippen LogP contribution < -0.4 is 10.1 Å². The number of nitrogens with one attached hydrogen (secondary N) is 1. The summed E-state index contributed by atoms with van der Waals surface area (Å²) in [5.74, 6) is 0.636. The van der Waals surface area contributed by atoms with E-state index in [1.54, 1.807) is 24.3 Å². The van der Waals surface area contributed by atoms with Crippen molar-refractivity contribution in [1.29, 1.82) is 0 Å². The van der Waals surface area contributed by atoms with Gasteiger partial charge >= 0.3 is 5.97 Å². The summed E-state index contributed by atoms with van der Waals surface area (Å²) in [6.45, 7) is 0.223. The summed E-state index contributed by atoms with van der Waals surface area (Å²) in [4.78, 5) is 27.6. The third kappa shape index (κ3) is 4.27. The van der Waals surface area contributed by atoms with Crippen LogP contribution in [-0.4, -0.2) is 27.1 Å². The van der Waals surface area contributed by atoms with Crippen molar-refractivity contribution >= 4 is 17.6 Å². The van der Waals surface area contributed by atoms with Crippen LogP contribution in [0.4, 0.5) is 5.69 Å². The van der Waals surface area contributed by atoms with Crippen LogP contribution in [0.15, 0.2) is 28.8 Å². The number of amides is 1. The summed E-state index contributed by atoms with van der Waals surface area (Å²) in [6, 6.07) is 7.02. The number of carboxylic acids is 1. The van der Waals surface area contributed by atoms with Gasteiger partial charge in [-0.25, -0.2) is 0 Å². The standard InChI is InChI=1S/C19H21N3O5/c23-17(12-3-4-13(9-12)19(24)25)20-14-5-7-15(8-6-14)26-10-16-21-18(27-22-16)11-1-2-11/h5-8,11-13H,1-4,9-10H2,(H,20,23)(H,24,25)/t12-,13+/m0/s1. The molecule has 0 saturated heterocycles. The Balaban J connectivity index is 1.27. The number of carbonyl (C=O) groups excluding carboxylic acids is 1. The summed E-state index contributed by atoms with van der Waals surface area (Å²) < 4.78 is 10.8. The number of hydrogen-bond donors (Lipinski definition) is 2. The molecule has 0 aliphatic heterocycles. The first kappa shape index (κ1) is 17.5. The lowest BCUT2D eigenvalue weighted by molar-refractivity contribution is -0.141. The van der Waals surface area contributed by atoms with Gasteiger partial charge in [0.2, 0.25) is 17.6 Å². The lowest BCUT2D eigenvalue weighted by Crippen LogP contribution is -2.21. The average Bonchev–Trinajstić information content (AvgIpc) is 3.20. The maximum atomic E-state index is 12.3. The second-order valence-electron chi connectivity index (χ2n) is 7.17. The van der Waals surface area contributed by atoms with Crippen molar-refractivity contribution in [3.63, 3.8) is 0 Å². The summed E-state index contributed by atoms with van der Waals surface area (Å²) in [5.41, 5.74) is 0.654. The third-order valence-corrected chi connectivity index (χ3v) is 5.05. The van der Waals surface area contributed by atoms with Gasteiger partial charge in [-0.1, -0.05) is 5.16 Å². The Morgan fingerprint density at radius 2 is 1.89 bits per heavy atom. The Hall–Kier alpha value is -2.90. The van der Waals surface area contributed by atoms with Crippen LogP contribution in [0.3, 0.4) is 0 Å². The Morgan fingerprint density at radius 3 is 2.56 bits per heavy atom. The van der Waals surface area contributed by atoms with Crippen molar-refractivity contribution in [3.05, 3.63) is 36.0 Å². The number of ether oxygens (including phenoxy) is 1. The molecule has 142 valence electrons. The molecule has 2 aromatic rings. The zero-order valence-electron chi connectivity index (χ0n) is 14.8. The number of carboxylic acid groups (broad SMARTS) is 1. The molecule has 2 aliphatic rings. The average molecular weight is 371 g/mol. The highest BCUT2D eigenvalue weighted by Crippen LogP contribution is 2.38. The molecule has 0 spiro atoms. The van der Waals surface area contributed by atoms with Crippen LogP contribution in [0.2, 0.25) is 0 Å². The fourth-order valence-corrected chi connectivity index (χ4v) is 3.29. The van der Waals surface area contributed by atoms with E-state index in [1.807, 2.05) is 0 Å². The zero-order valence-corrected chi connectivity index (χ0v) is 14.8. The van der Waals surface area contributed by atoms with Gasteiger partial charge in [-0.05, 0) is 56.4 Å². The molecule has 1 aromatic carbocycles. The van der Waals surface area contributed by atoms with E-state index in [-0.39, 0.29) is 18.4 Å². The highest BCUT2D eigenvalue weighted by molar-refractivity contribution is 5.93. The maximum absolute atomic E-state index is 12.3. The molecule has 1 heterocycles. The van der Waals surface area contributed by atoms with Gasteiger partial charge in [0.05, 0.1) is 5.92 Å². The van der Waals surface area contributed by atoms with Crippen LogP contribution in [-0.2, 0) is 16.2 Å². The molecule has 1 amide bonds. The summed E-state index contributed by atoms with van der Waals surface area (Å²) in [7, 11) is 0. The number of hydrogen-bond acceptors (Lipinski definition) is 6. The second kappa shape index (κ2) is 7.38. The van der Waals surface area contributed by atoms with Gasteiger partial charge in [-0.15, -0.1) is 0 Å². The molecule has 2 fully saturated rings. The minimum absolute atomic E-state index is 0.133. The molecule has 27 heavy (non-hydrogen) atoms. The van der Waals surface area contributed by atoms with E-state index in [4.69, 9.17) is 14.4 Å². The summed E-state index contributed by atoms with van der Waals surface area (Å²) >= 11 is 0. The quantitative estimate of drug-likeness (QED) is 0.769. The van der Waals surface area contributed by atoms with Crippen LogP contribution >= 0.6 is 0 Å². The fourth-order valence-electron chi connectivity index (χ4n) is 3.29. The van der Waals surface area contributed by atoms with E-state index in [0.29, 0.717) is 48.3 Å². The Kier molecular flexibility index (Phi) is 4.79. The van der Waals surface area contributed by atoms with Crippen molar-refractivity contribution in [2.75, 3.05) is 5.32 Å². The Morgan fingerprint density at radius 1 is 1.15 bits per heavy atom. The van der Waals surface area contributed by atoms with Crippen molar-refractivity contribution in [1.82, 2.24) is 10.1 Å².